The van der Waals surface area contributed by atoms with Crippen molar-refractivity contribution in [1.29, 1.82) is 0 Å². The minimum absolute atomic E-state index is 0.114. The van der Waals surface area contributed by atoms with Crippen molar-refractivity contribution in [2.24, 2.45) is 5.92 Å². The molecule has 0 aliphatic carbocycles. The van der Waals surface area contributed by atoms with Crippen LogP contribution in [0.5, 0.6) is 0 Å². The summed E-state index contributed by atoms with van der Waals surface area (Å²) in [4.78, 5) is 42.7. The zero-order valence-corrected chi connectivity index (χ0v) is 25.3. The molecule has 2 unspecified atom stereocenters. The Kier molecular flexibility index (Phi) is 10.7. The van der Waals surface area contributed by atoms with Crippen LogP contribution < -0.4 is 10.6 Å². The van der Waals surface area contributed by atoms with Crippen molar-refractivity contribution in [3.63, 3.8) is 0 Å². The van der Waals surface area contributed by atoms with Crippen LogP contribution in [0.25, 0.3) is 0 Å². The monoisotopic (exact) mass is 537 g/mol. The van der Waals surface area contributed by atoms with Crippen molar-refractivity contribution in [2.75, 3.05) is 0 Å². The van der Waals surface area contributed by atoms with E-state index in [9.17, 15) is 14.4 Å². The first-order valence-electron chi connectivity index (χ1n) is 13.7. The molecule has 0 bridgehead atoms. The average molecular weight is 538 g/mol. The molecule has 0 aromatic heterocycles. The van der Waals surface area contributed by atoms with Crippen molar-refractivity contribution in [2.45, 2.75) is 105 Å². The van der Waals surface area contributed by atoms with Crippen LogP contribution in [0.4, 0.5) is 4.79 Å². The van der Waals surface area contributed by atoms with Gasteiger partial charge < -0.3 is 20.3 Å². The lowest BCUT2D eigenvalue weighted by atomic mass is 9.92. The number of alkyl carbamates (subject to hydrolysis) is 1. The maximum atomic E-state index is 14.3. The number of ether oxygens (including phenoxy) is 1. The fraction of sp³-hybridized carbons (Fsp3) is 0.531. The zero-order chi connectivity index (χ0) is 29.5. The fourth-order valence-electron chi connectivity index (χ4n) is 4.39. The summed E-state index contributed by atoms with van der Waals surface area (Å²) in [5, 5.41) is 5.84. The Morgan fingerprint density at radius 1 is 0.897 bits per heavy atom. The van der Waals surface area contributed by atoms with Gasteiger partial charge in [0.25, 0.3) is 0 Å². The van der Waals surface area contributed by atoms with E-state index in [1.54, 1.807) is 25.7 Å². The molecule has 0 saturated heterocycles. The number of hydrogen-bond acceptors (Lipinski definition) is 4. The number of carbonyl (C=O) groups excluding carboxylic acids is 3. The number of carbonyl (C=O) groups is 3. The molecule has 3 amide bonds. The number of nitrogens with zero attached hydrogens (tertiary/aromatic N) is 1. The van der Waals surface area contributed by atoms with Crippen molar-refractivity contribution >= 4 is 17.9 Å². The molecular weight excluding hydrogens is 490 g/mol. The van der Waals surface area contributed by atoms with E-state index in [-0.39, 0.29) is 17.7 Å². The summed E-state index contributed by atoms with van der Waals surface area (Å²) >= 11 is 0. The van der Waals surface area contributed by atoms with Crippen LogP contribution in [0.1, 0.15) is 90.1 Å². The standard InChI is InChI=1S/C32H47N3O4/c1-21(2)18-26(34-30(38)39-32(8,9)10)29(37)35(31(5,6)7)27(25-17-16-22(3)23(4)19-25)28(36)33-20-24-14-12-11-13-15-24/h11-17,19,21,26-27H,18,20H2,1-10H3,(H,33,36)(H,34,38). The largest absolute Gasteiger partial charge is 0.444 e. The van der Waals surface area contributed by atoms with E-state index in [0.717, 1.165) is 16.7 Å². The highest BCUT2D eigenvalue weighted by atomic mass is 16.6. The van der Waals surface area contributed by atoms with E-state index in [0.29, 0.717) is 18.5 Å². The van der Waals surface area contributed by atoms with Gasteiger partial charge >= 0.3 is 6.09 Å². The predicted octanol–water partition coefficient (Wildman–Crippen LogP) is 6.23. The highest BCUT2D eigenvalue weighted by molar-refractivity contribution is 5.92. The van der Waals surface area contributed by atoms with Crippen LogP contribution in [-0.2, 0) is 20.9 Å². The topological polar surface area (TPSA) is 87.7 Å². The molecule has 2 N–H and O–H groups in total. The molecule has 0 fully saturated rings. The van der Waals surface area contributed by atoms with Gasteiger partial charge in [-0.1, -0.05) is 62.4 Å². The van der Waals surface area contributed by atoms with Crippen molar-refractivity contribution in [1.82, 2.24) is 15.5 Å². The summed E-state index contributed by atoms with van der Waals surface area (Å²) in [5.41, 5.74) is 2.35. The Balaban J connectivity index is 2.55. The highest BCUT2D eigenvalue weighted by Gasteiger charge is 2.42. The van der Waals surface area contributed by atoms with Gasteiger partial charge in [-0.15, -0.1) is 0 Å². The molecule has 0 radical (unpaired) electrons. The number of benzene rings is 2. The van der Waals surface area contributed by atoms with E-state index >= 15 is 0 Å². The molecule has 0 saturated carbocycles. The molecule has 2 atom stereocenters. The Bertz CT molecular complexity index is 1130. The first-order chi connectivity index (χ1) is 18.0. The third-order valence-corrected chi connectivity index (χ3v) is 6.32. The minimum Gasteiger partial charge on any atom is -0.444 e. The number of amides is 3. The lowest BCUT2D eigenvalue weighted by Gasteiger charge is -2.43. The molecule has 39 heavy (non-hydrogen) atoms. The molecule has 0 heterocycles. The van der Waals surface area contributed by atoms with Gasteiger partial charge in [-0.05, 0) is 90.0 Å². The number of rotatable bonds is 9. The Labute approximate surface area is 234 Å². The molecule has 2 aromatic carbocycles. The molecule has 7 heteroatoms. The van der Waals surface area contributed by atoms with Crippen LogP contribution in [-0.4, -0.2) is 40.0 Å². The fourth-order valence-corrected chi connectivity index (χ4v) is 4.39. The quantitative estimate of drug-likeness (QED) is 0.397. The lowest BCUT2D eigenvalue weighted by Crippen LogP contribution is -2.58. The summed E-state index contributed by atoms with van der Waals surface area (Å²) in [6, 6.07) is 13.7. The first-order valence-corrected chi connectivity index (χ1v) is 13.7. The van der Waals surface area contributed by atoms with Crippen molar-refractivity contribution in [3.8, 4) is 0 Å². The summed E-state index contributed by atoms with van der Waals surface area (Å²) in [6.45, 7) is 19.4. The lowest BCUT2D eigenvalue weighted by molar-refractivity contribution is -0.148. The molecule has 2 aromatic rings. The molecule has 0 aliphatic heterocycles. The summed E-state index contributed by atoms with van der Waals surface area (Å²) in [6.07, 6.45) is -0.262. The highest BCUT2D eigenvalue weighted by Crippen LogP contribution is 2.32. The SMILES string of the molecule is Cc1ccc(C(C(=O)NCc2ccccc2)N(C(=O)C(CC(C)C)NC(=O)OC(C)(C)C)C(C)(C)C)cc1C. The van der Waals surface area contributed by atoms with Crippen LogP contribution in [0.3, 0.4) is 0 Å². The van der Waals surface area contributed by atoms with E-state index in [2.05, 4.69) is 10.6 Å². The molecule has 214 valence electrons. The number of aryl methyl sites for hydroxylation is 2. The zero-order valence-electron chi connectivity index (χ0n) is 25.3. The summed E-state index contributed by atoms with van der Waals surface area (Å²) < 4.78 is 5.47. The smallest absolute Gasteiger partial charge is 0.408 e. The number of hydrogen-bond donors (Lipinski definition) is 2. The van der Waals surface area contributed by atoms with Gasteiger partial charge in [0.1, 0.15) is 17.7 Å². The molecule has 2 rings (SSSR count). The van der Waals surface area contributed by atoms with Crippen molar-refractivity contribution < 1.29 is 19.1 Å². The van der Waals surface area contributed by atoms with Gasteiger partial charge in [0.2, 0.25) is 11.8 Å². The second kappa shape index (κ2) is 13.1. The second-order valence-electron chi connectivity index (χ2n) is 12.7. The Morgan fingerprint density at radius 3 is 2.03 bits per heavy atom. The maximum Gasteiger partial charge on any atom is 0.408 e. The van der Waals surface area contributed by atoms with E-state index < -0.39 is 29.3 Å². The van der Waals surface area contributed by atoms with Crippen LogP contribution in [0.2, 0.25) is 0 Å². The van der Waals surface area contributed by atoms with Crippen molar-refractivity contribution in [3.05, 3.63) is 70.8 Å². The van der Waals surface area contributed by atoms with Crippen LogP contribution >= 0.6 is 0 Å². The maximum absolute atomic E-state index is 14.3. The van der Waals surface area contributed by atoms with Gasteiger partial charge in [-0.2, -0.15) is 0 Å². The third-order valence-electron chi connectivity index (χ3n) is 6.32. The van der Waals surface area contributed by atoms with Gasteiger partial charge in [0.05, 0.1) is 0 Å². The molecular formula is C32H47N3O4. The summed E-state index contributed by atoms with van der Waals surface area (Å²) in [5.74, 6) is -0.506. The van der Waals surface area contributed by atoms with Gasteiger partial charge in [0.15, 0.2) is 0 Å². The van der Waals surface area contributed by atoms with E-state index in [1.807, 2.05) is 97.0 Å². The average Bonchev–Trinajstić information content (AvgIpc) is 2.80. The summed E-state index contributed by atoms with van der Waals surface area (Å²) in [7, 11) is 0. The first kappa shape index (κ1) is 31.9. The molecule has 0 aliphatic rings. The Hall–Kier alpha value is -3.35. The van der Waals surface area contributed by atoms with Gasteiger partial charge in [0, 0.05) is 12.1 Å². The number of nitrogens with one attached hydrogen (secondary N) is 2. The third kappa shape index (κ3) is 9.72. The van der Waals surface area contributed by atoms with E-state index in [4.69, 9.17) is 4.74 Å². The van der Waals surface area contributed by atoms with Gasteiger partial charge in [-0.3, -0.25) is 9.59 Å². The minimum atomic E-state index is -0.907. The normalized spacial score (nSPS) is 13.4. The Morgan fingerprint density at radius 2 is 1.51 bits per heavy atom. The predicted molar refractivity (Wildman–Crippen MR) is 156 cm³/mol. The van der Waals surface area contributed by atoms with Crippen LogP contribution in [0, 0.1) is 19.8 Å². The van der Waals surface area contributed by atoms with E-state index in [1.165, 1.54) is 0 Å². The molecule has 0 spiro atoms. The molecule has 7 nitrogen and oxygen atoms in total. The second-order valence-corrected chi connectivity index (χ2v) is 12.7. The van der Waals surface area contributed by atoms with Gasteiger partial charge in [-0.25, -0.2) is 4.79 Å². The van der Waals surface area contributed by atoms with Crippen LogP contribution in [0.15, 0.2) is 48.5 Å².